The fraction of sp³-hybridized carbons (Fsp3) is 0.207. The lowest BCUT2D eigenvalue weighted by Gasteiger charge is -2.29. The van der Waals surface area contributed by atoms with Crippen LogP contribution in [-0.4, -0.2) is 20.6 Å². The van der Waals surface area contributed by atoms with Crippen molar-refractivity contribution in [3.05, 3.63) is 108 Å². The lowest BCUT2D eigenvalue weighted by atomic mass is 10.00. The fourth-order valence-corrected chi connectivity index (χ4v) is 4.95. The van der Waals surface area contributed by atoms with E-state index in [-0.39, 0.29) is 23.9 Å². The Morgan fingerprint density at radius 2 is 1.78 bits per heavy atom. The van der Waals surface area contributed by atoms with Gasteiger partial charge in [-0.05, 0) is 79.3 Å². The second-order valence-corrected chi connectivity index (χ2v) is 9.67. The van der Waals surface area contributed by atoms with Crippen molar-refractivity contribution in [2.24, 2.45) is 5.92 Å². The molecule has 0 unspecified atom stereocenters. The van der Waals surface area contributed by atoms with Crippen molar-refractivity contribution in [1.29, 1.82) is 0 Å². The number of para-hydroxylation sites is 1. The zero-order valence-electron chi connectivity index (χ0n) is 20.6. The van der Waals surface area contributed by atoms with Gasteiger partial charge in [0.05, 0.1) is 11.7 Å². The van der Waals surface area contributed by atoms with Gasteiger partial charge >= 0.3 is 0 Å². The summed E-state index contributed by atoms with van der Waals surface area (Å²) in [6, 6.07) is 26.2. The third kappa shape index (κ3) is 4.50. The van der Waals surface area contributed by atoms with Crippen LogP contribution in [0, 0.1) is 12.8 Å². The monoisotopic (exact) mass is 495 g/mol. The number of anilines is 2. The molecule has 2 aromatic carbocycles. The first-order valence-electron chi connectivity index (χ1n) is 12.1. The van der Waals surface area contributed by atoms with E-state index in [4.69, 9.17) is 12.2 Å². The minimum atomic E-state index is -0.142. The lowest BCUT2D eigenvalue weighted by molar-refractivity contribution is -0.118. The van der Waals surface area contributed by atoms with Crippen molar-refractivity contribution in [2.45, 2.75) is 32.9 Å². The van der Waals surface area contributed by atoms with Crippen molar-refractivity contribution >= 4 is 34.6 Å². The molecule has 2 N–H and O–H groups in total. The number of thiocarbonyl (C=S) groups is 1. The van der Waals surface area contributed by atoms with Crippen LogP contribution in [0.4, 0.5) is 11.4 Å². The largest absolute Gasteiger partial charge is 0.351 e. The van der Waals surface area contributed by atoms with Crippen LogP contribution in [0.25, 0.3) is 5.69 Å². The molecule has 0 saturated carbocycles. The minimum absolute atomic E-state index is 0.00186. The molecule has 36 heavy (non-hydrogen) atoms. The van der Waals surface area contributed by atoms with Gasteiger partial charge < -0.3 is 20.1 Å². The summed E-state index contributed by atoms with van der Waals surface area (Å²) in [6.07, 6.45) is 3.89. The number of aryl methyl sites for hydroxylation is 1. The van der Waals surface area contributed by atoms with E-state index in [0.29, 0.717) is 5.11 Å². The zero-order valence-corrected chi connectivity index (χ0v) is 21.4. The molecule has 0 aliphatic carbocycles. The number of rotatable bonds is 6. The highest BCUT2D eigenvalue weighted by atomic mass is 32.1. The van der Waals surface area contributed by atoms with Gasteiger partial charge in [-0.25, -0.2) is 0 Å². The van der Waals surface area contributed by atoms with Crippen LogP contribution in [0.3, 0.4) is 0 Å². The van der Waals surface area contributed by atoms with Crippen LogP contribution in [0.5, 0.6) is 0 Å². The molecular formula is C29H29N5OS. The first-order chi connectivity index (χ1) is 17.4. The molecular weight excluding hydrogens is 466 g/mol. The number of benzene rings is 2. The fourth-order valence-electron chi connectivity index (χ4n) is 4.61. The molecule has 2 aromatic heterocycles. The van der Waals surface area contributed by atoms with E-state index < -0.39 is 0 Å². The van der Waals surface area contributed by atoms with Crippen LogP contribution in [0.1, 0.15) is 42.9 Å². The molecule has 0 spiro atoms. The van der Waals surface area contributed by atoms with Crippen molar-refractivity contribution in [1.82, 2.24) is 14.9 Å². The predicted octanol–water partition coefficient (Wildman–Crippen LogP) is 5.95. The molecule has 1 saturated heterocycles. The number of amides is 1. The number of carbonyl (C=O) groups is 1. The predicted molar refractivity (Wildman–Crippen MR) is 148 cm³/mol. The molecule has 5 rings (SSSR count). The maximum absolute atomic E-state index is 12.3. The normalized spacial score (nSPS) is 17.3. The van der Waals surface area contributed by atoms with Crippen molar-refractivity contribution in [3.63, 3.8) is 0 Å². The molecule has 1 aliphatic heterocycles. The Labute approximate surface area is 217 Å². The maximum atomic E-state index is 12.3. The third-order valence-electron chi connectivity index (χ3n) is 6.49. The first-order valence-corrected chi connectivity index (χ1v) is 12.5. The summed E-state index contributed by atoms with van der Waals surface area (Å²) in [7, 11) is 0. The Kier molecular flexibility index (Phi) is 6.57. The van der Waals surface area contributed by atoms with E-state index in [1.165, 1.54) is 0 Å². The summed E-state index contributed by atoms with van der Waals surface area (Å²) >= 11 is 5.90. The first kappa shape index (κ1) is 23.8. The summed E-state index contributed by atoms with van der Waals surface area (Å²) in [4.78, 5) is 19.1. The molecule has 1 fully saturated rings. The highest BCUT2D eigenvalue weighted by Gasteiger charge is 2.42. The minimum Gasteiger partial charge on any atom is -0.351 e. The topological polar surface area (TPSA) is 62.2 Å². The second-order valence-electron chi connectivity index (χ2n) is 9.28. The lowest BCUT2D eigenvalue weighted by Crippen LogP contribution is -2.30. The maximum Gasteiger partial charge on any atom is 0.226 e. The van der Waals surface area contributed by atoms with Crippen molar-refractivity contribution in [2.75, 3.05) is 10.2 Å². The SMILES string of the molecule is Cc1cc(N2C(=S)N[C@@H](c3ccccn3)[C@H]2c2cccn2-c2ccccc2)ccc1NC(=O)C(C)C. The van der Waals surface area contributed by atoms with Crippen molar-refractivity contribution in [3.8, 4) is 5.69 Å². The van der Waals surface area contributed by atoms with Gasteiger partial charge in [0.25, 0.3) is 0 Å². The van der Waals surface area contributed by atoms with Crippen LogP contribution in [0.15, 0.2) is 91.3 Å². The molecule has 1 aliphatic rings. The molecule has 7 heteroatoms. The van der Waals surface area contributed by atoms with Crippen LogP contribution in [0.2, 0.25) is 0 Å². The summed E-state index contributed by atoms with van der Waals surface area (Å²) in [5, 5.41) is 7.19. The number of carbonyl (C=O) groups excluding carboxylic acids is 1. The molecule has 4 aromatic rings. The van der Waals surface area contributed by atoms with E-state index >= 15 is 0 Å². The van der Waals surface area contributed by atoms with Gasteiger partial charge in [-0.2, -0.15) is 0 Å². The highest BCUT2D eigenvalue weighted by molar-refractivity contribution is 7.80. The number of aromatic nitrogens is 2. The molecule has 1 amide bonds. The second kappa shape index (κ2) is 9.95. The van der Waals surface area contributed by atoms with Gasteiger partial charge in [-0.3, -0.25) is 9.78 Å². The zero-order chi connectivity index (χ0) is 25.2. The van der Waals surface area contributed by atoms with E-state index in [9.17, 15) is 4.79 Å². The Morgan fingerprint density at radius 3 is 2.47 bits per heavy atom. The number of pyridine rings is 1. The molecule has 6 nitrogen and oxygen atoms in total. The molecule has 182 valence electrons. The number of hydrogen-bond acceptors (Lipinski definition) is 3. The van der Waals surface area contributed by atoms with E-state index in [0.717, 1.165) is 34.0 Å². The molecule has 3 heterocycles. The van der Waals surface area contributed by atoms with Gasteiger partial charge in [0.15, 0.2) is 5.11 Å². The third-order valence-corrected chi connectivity index (χ3v) is 6.80. The Hall–Kier alpha value is -3.97. The number of hydrogen-bond donors (Lipinski definition) is 2. The summed E-state index contributed by atoms with van der Waals surface area (Å²) in [5.41, 5.74) is 5.84. The van der Waals surface area contributed by atoms with Crippen LogP contribution < -0.4 is 15.5 Å². The van der Waals surface area contributed by atoms with E-state index in [2.05, 4.69) is 61.6 Å². The molecule has 2 atom stereocenters. The summed E-state index contributed by atoms with van der Waals surface area (Å²) in [6.45, 7) is 5.78. The quantitative estimate of drug-likeness (QED) is 0.324. The Balaban J connectivity index is 1.59. The van der Waals surface area contributed by atoms with Gasteiger partial charge in [0.2, 0.25) is 5.91 Å². The van der Waals surface area contributed by atoms with Crippen LogP contribution in [-0.2, 0) is 4.79 Å². The van der Waals surface area contributed by atoms with Crippen molar-refractivity contribution < 1.29 is 4.79 Å². The van der Waals surface area contributed by atoms with E-state index in [1.54, 1.807) is 0 Å². The summed E-state index contributed by atoms with van der Waals surface area (Å²) in [5.74, 6) is -0.0910. The van der Waals surface area contributed by atoms with E-state index in [1.807, 2.05) is 75.5 Å². The standard InChI is InChI=1S/C29H29N5OS/c1-19(2)28(35)31-23-15-14-22(18-20(23)3)34-27(26(32-29(34)36)24-12-7-8-16-30-24)25-13-9-17-33(25)21-10-5-4-6-11-21/h4-19,26-27H,1-3H3,(H,31,35)(H,32,36)/t26-,27+/m0/s1. The van der Waals surface area contributed by atoms with Gasteiger partial charge in [0, 0.05) is 41.1 Å². The highest BCUT2D eigenvalue weighted by Crippen LogP contribution is 2.42. The average Bonchev–Trinajstić information content (AvgIpc) is 3.50. The molecule has 0 bridgehead atoms. The Morgan fingerprint density at radius 1 is 1.00 bits per heavy atom. The van der Waals surface area contributed by atoms with Gasteiger partial charge in [-0.15, -0.1) is 0 Å². The Bertz CT molecular complexity index is 1380. The number of nitrogens with one attached hydrogen (secondary N) is 2. The molecule has 0 radical (unpaired) electrons. The number of nitrogens with zero attached hydrogens (tertiary/aromatic N) is 3. The smallest absolute Gasteiger partial charge is 0.226 e. The average molecular weight is 496 g/mol. The van der Waals surface area contributed by atoms with Crippen LogP contribution >= 0.6 is 12.2 Å². The summed E-state index contributed by atoms with van der Waals surface area (Å²) < 4.78 is 2.20. The van der Waals surface area contributed by atoms with Gasteiger partial charge in [0.1, 0.15) is 6.04 Å². The van der Waals surface area contributed by atoms with Gasteiger partial charge in [-0.1, -0.05) is 38.1 Å².